The summed E-state index contributed by atoms with van der Waals surface area (Å²) in [5.74, 6) is -1.02. The van der Waals surface area contributed by atoms with Crippen molar-refractivity contribution in [1.82, 2.24) is 9.36 Å². The fourth-order valence-corrected chi connectivity index (χ4v) is 3.65. The predicted molar refractivity (Wildman–Crippen MR) is 106 cm³/mol. The molecule has 1 aliphatic rings. The average Bonchev–Trinajstić information content (AvgIpc) is 2.97. The fourth-order valence-electron chi connectivity index (χ4n) is 3.08. The van der Waals surface area contributed by atoms with E-state index in [1.807, 2.05) is 0 Å². The summed E-state index contributed by atoms with van der Waals surface area (Å²) < 4.78 is 33.0. The van der Waals surface area contributed by atoms with Gasteiger partial charge in [-0.1, -0.05) is 23.2 Å². The van der Waals surface area contributed by atoms with E-state index in [0.717, 1.165) is 25.0 Å². The van der Waals surface area contributed by atoms with Crippen molar-refractivity contribution in [2.45, 2.75) is 25.9 Å². The quantitative estimate of drug-likeness (QED) is 0.386. The molecule has 2 aromatic rings. The molecule has 0 amide bonds. The summed E-state index contributed by atoms with van der Waals surface area (Å²) in [5.41, 5.74) is -0.320. The van der Waals surface area contributed by atoms with Crippen molar-refractivity contribution < 1.29 is 23.4 Å². The van der Waals surface area contributed by atoms with Gasteiger partial charge in [0.15, 0.2) is 0 Å². The Balaban J connectivity index is 1.97. The molecule has 29 heavy (non-hydrogen) atoms. The number of methoxy groups -OCH3 is 2. The number of rotatable bonds is 6. The molecule has 2 heterocycles. The van der Waals surface area contributed by atoms with E-state index in [1.165, 1.54) is 25.0 Å². The van der Waals surface area contributed by atoms with Gasteiger partial charge in [0, 0.05) is 18.7 Å². The normalized spacial score (nSPS) is 13.8. The minimum Gasteiger partial charge on any atom is -0.497 e. The Labute approximate surface area is 176 Å². The summed E-state index contributed by atoms with van der Waals surface area (Å²) in [7, 11) is 2.60. The Bertz CT molecular complexity index is 1030. The van der Waals surface area contributed by atoms with Gasteiger partial charge in [-0.3, -0.25) is 9.48 Å². The smallest absolute Gasteiger partial charge is 0.334 e. The minimum atomic E-state index is -0.693. The van der Waals surface area contributed by atoms with Crippen LogP contribution in [0.4, 0.5) is 4.39 Å². The molecule has 7 nitrogen and oxygen atoms in total. The molecule has 0 aliphatic carbocycles. The number of hydrogen-bond donors (Lipinski definition) is 0. The van der Waals surface area contributed by atoms with Gasteiger partial charge in [-0.2, -0.15) is 0 Å². The first-order chi connectivity index (χ1) is 13.9. The molecule has 0 radical (unpaired) electrons. The van der Waals surface area contributed by atoms with Gasteiger partial charge >= 0.3 is 5.97 Å². The highest BCUT2D eigenvalue weighted by Gasteiger charge is 2.25. The molecule has 0 N–H and O–H groups in total. The summed E-state index contributed by atoms with van der Waals surface area (Å²) in [5, 5.41) is 0.171. The van der Waals surface area contributed by atoms with E-state index in [0.29, 0.717) is 13.1 Å². The van der Waals surface area contributed by atoms with Crippen LogP contribution in [-0.4, -0.2) is 36.2 Å². The molecule has 0 spiro atoms. The monoisotopic (exact) mass is 444 g/mol. The standard InChI is InChI=1S/C19H19Cl2FN2O5/c1-27-11(7-16(25)28-2)10-29-15-8-12(14(22)9-13(15)20)17-18(21)23-5-3-4-6-24(23)19(17)26/h7-9H,3-6,10H2,1-2H3/b11-7+. The molecule has 0 saturated carbocycles. The Morgan fingerprint density at radius 2 is 1.86 bits per heavy atom. The first-order valence-corrected chi connectivity index (χ1v) is 9.56. The third-order valence-corrected chi connectivity index (χ3v) is 5.24. The van der Waals surface area contributed by atoms with Gasteiger partial charge in [0.2, 0.25) is 0 Å². The van der Waals surface area contributed by atoms with Crippen LogP contribution < -0.4 is 10.3 Å². The van der Waals surface area contributed by atoms with Crippen molar-refractivity contribution in [1.29, 1.82) is 0 Å². The van der Waals surface area contributed by atoms with E-state index in [-0.39, 0.29) is 45.0 Å². The average molecular weight is 445 g/mol. The number of hydrogen-bond acceptors (Lipinski definition) is 5. The molecule has 0 saturated heterocycles. The van der Waals surface area contributed by atoms with Gasteiger partial charge in [0.1, 0.15) is 29.1 Å². The second-order valence-electron chi connectivity index (χ2n) is 6.31. The zero-order valence-electron chi connectivity index (χ0n) is 15.8. The number of halogens is 3. The van der Waals surface area contributed by atoms with Crippen LogP contribution >= 0.6 is 23.2 Å². The van der Waals surface area contributed by atoms with Crippen LogP contribution in [0.2, 0.25) is 10.2 Å². The number of carbonyl (C=O) groups is 1. The zero-order valence-corrected chi connectivity index (χ0v) is 17.3. The van der Waals surface area contributed by atoms with E-state index >= 15 is 0 Å². The molecule has 0 unspecified atom stereocenters. The molecule has 1 aliphatic heterocycles. The van der Waals surface area contributed by atoms with Crippen molar-refractivity contribution in [3.8, 4) is 16.9 Å². The Hall–Kier alpha value is -2.45. The Morgan fingerprint density at radius 1 is 1.17 bits per heavy atom. The molecule has 156 valence electrons. The maximum absolute atomic E-state index is 14.7. The van der Waals surface area contributed by atoms with Crippen molar-refractivity contribution >= 4 is 29.2 Å². The summed E-state index contributed by atoms with van der Waals surface area (Å²) in [6.45, 7) is 0.949. The fraction of sp³-hybridized carbons (Fsp3) is 0.368. The Morgan fingerprint density at radius 3 is 2.48 bits per heavy atom. The molecule has 0 bridgehead atoms. The lowest BCUT2D eigenvalue weighted by molar-refractivity contribution is -0.135. The Kier molecular flexibility index (Phi) is 6.54. The van der Waals surface area contributed by atoms with Crippen LogP contribution in [0, 0.1) is 5.82 Å². The van der Waals surface area contributed by atoms with Crippen LogP contribution in [0.15, 0.2) is 28.8 Å². The minimum absolute atomic E-state index is 0.0000295. The van der Waals surface area contributed by atoms with E-state index in [9.17, 15) is 14.0 Å². The summed E-state index contributed by atoms with van der Waals surface area (Å²) in [6.07, 6.45) is 2.85. The van der Waals surface area contributed by atoms with Crippen molar-refractivity contribution in [2.24, 2.45) is 0 Å². The van der Waals surface area contributed by atoms with E-state index in [1.54, 1.807) is 4.68 Å². The zero-order chi connectivity index (χ0) is 21.1. The first kappa shape index (κ1) is 21.3. The van der Waals surface area contributed by atoms with Gasteiger partial charge in [0.05, 0.1) is 30.9 Å². The number of ether oxygens (including phenoxy) is 3. The first-order valence-electron chi connectivity index (χ1n) is 8.81. The summed E-state index contributed by atoms with van der Waals surface area (Å²) in [4.78, 5) is 24.1. The summed E-state index contributed by atoms with van der Waals surface area (Å²) in [6, 6.07) is 2.37. The molecule has 0 atom stereocenters. The van der Waals surface area contributed by atoms with E-state index in [4.69, 9.17) is 32.7 Å². The lowest BCUT2D eigenvalue weighted by Crippen LogP contribution is -2.27. The molecule has 1 aromatic heterocycles. The molecule has 10 heteroatoms. The van der Waals surface area contributed by atoms with Gasteiger partial charge in [-0.15, -0.1) is 0 Å². The highest BCUT2D eigenvalue weighted by molar-refractivity contribution is 6.33. The second kappa shape index (κ2) is 8.92. The van der Waals surface area contributed by atoms with Gasteiger partial charge in [0.25, 0.3) is 5.56 Å². The number of aromatic nitrogens is 2. The molecule has 3 rings (SSSR count). The van der Waals surface area contributed by atoms with Crippen LogP contribution in [0.5, 0.6) is 5.75 Å². The van der Waals surface area contributed by atoms with Gasteiger partial charge < -0.3 is 14.2 Å². The second-order valence-corrected chi connectivity index (χ2v) is 7.08. The van der Waals surface area contributed by atoms with Crippen LogP contribution in [-0.2, 0) is 27.4 Å². The van der Waals surface area contributed by atoms with Gasteiger partial charge in [-0.05, 0) is 25.0 Å². The number of fused-ring (bicyclic) bond motifs is 1. The predicted octanol–water partition coefficient (Wildman–Crippen LogP) is 3.64. The largest absolute Gasteiger partial charge is 0.497 e. The van der Waals surface area contributed by atoms with Gasteiger partial charge in [-0.25, -0.2) is 13.9 Å². The topological polar surface area (TPSA) is 71.7 Å². The SMILES string of the molecule is COC(=O)/C=C(\COc1cc(-c2c(Cl)n3n(c2=O)CCCC3)c(F)cc1Cl)OC. The lowest BCUT2D eigenvalue weighted by Gasteiger charge is -2.17. The number of esters is 1. The van der Waals surface area contributed by atoms with E-state index in [2.05, 4.69) is 4.74 Å². The van der Waals surface area contributed by atoms with Crippen LogP contribution in [0.25, 0.3) is 11.1 Å². The van der Waals surface area contributed by atoms with Crippen molar-refractivity contribution in [2.75, 3.05) is 20.8 Å². The molecule has 0 fully saturated rings. The van der Waals surface area contributed by atoms with Crippen LogP contribution in [0.3, 0.4) is 0 Å². The van der Waals surface area contributed by atoms with Crippen molar-refractivity contribution in [3.63, 3.8) is 0 Å². The third-order valence-electron chi connectivity index (χ3n) is 4.57. The molecular weight excluding hydrogens is 426 g/mol. The number of nitrogens with zero attached hydrogens (tertiary/aromatic N) is 2. The maximum Gasteiger partial charge on any atom is 0.334 e. The number of benzene rings is 1. The van der Waals surface area contributed by atoms with Crippen LogP contribution in [0.1, 0.15) is 12.8 Å². The number of carbonyl (C=O) groups excluding carboxylic acids is 1. The van der Waals surface area contributed by atoms with E-state index < -0.39 is 11.8 Å². The maximum atomic E-state index is 14.7. The third kappa shape index (κ3) is 4.28. The lowest BCUT2D eigenvalue weighted by atomic mass is 10.1. The highest BCUT2D eigenvalue weighted by atomic mass is 35.5. The van der Waals surface area contributed by atoms with Crippen molar-refractivity contribution in [3.05, 3.63) is 50.3 Å². The molecular formula is C19H19Cl2FN2O5. The molecule has 1 aromatic carbocycles. The summed E-state index contributed by atoms with van der Waals surface area (Å²) >= 11 is 12.5. The highest BCUT2D eigenvalue weighted by Crippen LogP contribution is 2.36.